The first-order valence-electron chi connectivity index (χ1n) is 6.52. The van der Waals surface area contributed by atoms with Crippen molar-refractivity contribution in [2.45, 2.75) is 19.0 Å². The third-order valence-corrected chi connectivity index (χ3v) is 3.57. The van der Waals surface area contributed by atoms with Gasteiger partial charge in [0.25, 0.3) is 0 Å². The molecule has 0 aromatic heterocycles. The minimum Gasteiger partial charge on any atom is -0.469 e. The molecule has 1 aromatic carbocycles. The Morgan fingerprint density at radius 3 is 2.67 bits per heavy atom. The van der Waals surface area contributed by atoms with Crippen molar-refractivity contribution in [3.63, 3.8) is 0 Å². The molecule has 1 saturated heterocycles. The van der Waals surface area contributed by atoms with Crippen molar-refractivity contribution >= 4 is 11.7 Å². The van der Waals surface area contributed by atoms with Gasteiger partial charge in [-0.2, -0.15) is 13.2 Å². The molecular weight excluding hydrogens is 290 g/mol. The van der Waals surface area contributed by atoms with Crippen molar-refractivity contribution in [3.8, 4) is 0 Å². The van der Waals surface area contributed by atoms with E-state index in [-0.39, 0.29) is 24.1 Å². The maximum atomic E-state index is 13.9. The first kappa shape index (κ1) is 15.6. The number of piperidine rings is 1. The number of ether oxygens (including phenoxy) is 1. The maximum absolute atomic E-state index is 13.9. The van der Waals surface area contributed by atoms with Crippen LogP contribution in [0, 0.1) is 11.7 Å². The lowest BCUT2D eigenvalue weighted by atomic mass is 9.97. The Bertz CT molecular complexity index is 530. The molecule has 0 bridgehead atoms. The molecule has 1 aliphatic heterocycles. The van der Waals surface area contributed by atoms with E-state index in [1.807, 2.05) is 0 Å². The van der Waals surface area contributed by atoms with Crippen LogP contribution in [0.15, 0.2) is 18.2 Å². The monoisotopic (exact) mass is 305 g/mol. The summed E-state index contributed by atoms with van der Waals surface area (Å²) < 4.78 is 56.1. The average molecular weight is 305 g/mol. The molecule has 116 valence electrons. The number of carbonyl (C=O) groups excluding carboxylic acids is 1. The number of alkyl halides is 3. The number of hydrogen-bond acceptors (Lipinski definition) is 3. The third kappa shape index (κ3) is 3.46. The number of anilines is 1. The quantitative estimate of drug-likeness (QED) is 0.620. The largest absolute Gasteiger partial charge is 0.469 e. The van der Waals surface area contributed by atoms with E-state index in [0.717, 1.165) is 12.1 Å². The highest BCUT2D eigenvalue weighted by atomic mass is 19.4. The topological polar surface area (TPSA) is 29.5 Å². The van der Waals surface area contributed by atoms with E-state index in [0.29, 0.717) is 25.5 Å². The predicted octanol–water partition coefficient (Wildman–Crippen LogP) is 3.23. The third-order valence-electron chi connectivity index (χ3n) is 3.57. The van der Waals surface area contributed by atoms with Crippen LogP contribution >= 0.6 is 0 Å². The van der Waals surface area contributed by atoms with Crippen LogP contribution in [-0.4, -0.2) is 26.2 Å². The van der Waals surface area contributed by atoms with E-state index in [9.17, 15) is 22.4 Å². The molecule has 2 rings (SSSR count). The second-order valence-corrected chi connectivity index (χ2v) is 4.97. The van der Waals surface area contributed by atoms with E-state index < -0.39 is 17.6 Å². The second kappa shape index (κ2) is 5.91. The summed E-state index contributed by atoms with van der Waals surface area (Å²) in [5, 5.41) is 0. The summed E-state index contributed by atoms with van der Waals surface area (Å²) in [6.07, 6.45) is -3.29. The molecule has 7 heteroatoms. The van der Waals surface area contributed by atoms with Gasteiger partial charge in [0, 0.05) is 13.1 Å². The molecular formula is C14H15F4NO2. The highest BCUT2D eigenvalue weighted by molar-refractivity contribution is 5.73. The molecule has 1 aromatic rings. The highest BCUT2D eigenvalue weighted by Gasteiger charge is 2.32. The van der Waals surface area contributed by atoms with Gasteiger partial charge in [-0.25, -0.2) is 4.39 Å². The zero-order valence-corrected chi connectivity index (χ0v) is 11.4. The Hall–Kier alpha value is -1.79. The predicted molar refractivity (Wildman–Crippen MR) is 68.4 cm³/mol. The summed E-state index contributed by atoms with van der Waals surface area (Å²) in [4.78, 5) is 13.1. The van der Waals surface area contributed by atoms with E-state index >= 15 is 0 Å². The fourth-order valence-electron chi connectivity index (χ4n) is 2.49. The molecule has 0 N–H and O–H groups in total. The molecule has 1 atom stereocenters. The van der Waals surface area contributed by atoms with Gasteiger partial charge < -0.3 is 9.64 Å². The van der Waals surface area contributed by atoms with Gasteiger partial charge in [0.15, 0.2) is 0 Å². The Balaban J connectivity index is 2.20. The fraction of sp³-hybridized carbons (Fsp3) is 0.500. The van der Waals surface area contributed by atoms with Crippen LogP contribution in [0.4, 0.5) is 23.2 Å². The zero-order valence-electron chi connectivity index (χ0n) is 11.4. The minimum atomic E-state index is -4.57. The number of halogens is 4. The lowest BCUT2D eigenvalue weighted by molar-refractivity contribution is -0.145. The van der Waals surface area contributed by atoms with Crippen LogP contribution in [0.5, 0.6) is 0 Å². The van der Waals surface area contributed by atoms with Crippen molar-refractivity contribution in [2.24, 2.45) is 5.92 Å². The summed E-state index contributed by atoms with van der Waals surface area (Å²) >= 11 is 0. The van der Waals surface area contributed by atoms with E-state index in [4.69, 9.17) is 0 Å². The second-order valence-electron chi connectivity index (χ2n) is 4.97. The molecule has 0 saturated carbocycles. The number of carbonyl (C=O) groups is 1. The Kier molecular flexibility index (Phi) is 4.39. The summed E-state index contributed by atoms with van der Waals surface area (Å²) in [6, 6.07) is 2.44. The summed E-state index contributed by atoms with van der Waals surface area (Å²) in [6.45, 7) is 0.741. The van der Waals surface area contributed by atoms with Gasteiger partial charge in [0.2, 0.25) is 0 Å². The minimum absolute atomic E-state index is 0.0802. The van der Waals surface area contributed by atoms with Crippen LogP contribution in [0.3, 0.4) is 0 Å². The lowest BCUT2D eigenvalue weighted by Crippen LogP contribution is -2.39. The van der Waals surface area contributed by atoms with Gasteiger partial charge in [-0.05, 0) is 31.0 Å². The van der Waals surface area contributed by atoms with Gasteiger partial charge in [0.05, 0.1) is 24.3 Å². The number of methoxy groups -OCH3 is 1. The molecule has 1 aliphatic rings. The van der Waals surface area contributed by atoms with Gasteiger partial charge in [-0.3, -0.25) is 4.79 Å². The SMILES string of the molecule is COC(=O)C1CCCN(c2ccc(C(F)(F)F)cc2F)C1. The van der Waals surface area contributed by atoms with Crippen LogP contribution in [0.2, 0.25) is 0 Å². The molecule has 0 spiro atoms. The normalized spacial score (nSPS) is 19.5. The van der Waals surface area contributed by atoms with Gasteiger partial charge >= 0.3 is 12.1 Å². The Labute approximate surface area is 119 Å². The van der Waals surface area contributed by atoms with Crippen LogP contribution < -0.4 is 4.90 Å². The van der Waals surface area contributed by atoms with Crippen LogP contribution in [0.1, 0.15) is 18.4 Å². The van der Waals surface area contributed by atoms with E-state index in [2.05, 4.69) is 4.74 Å². The average Bonchev–Trinajstić information content (AvgIpc) is 2.45. The summed E-state index contributed by atoms with van der Waals surface area (Å²) in [5.74, 6) is -1.70. The number of esters is 1. The van der Waals surface area contributed by atoms with Gasteiger partial charge in [0.1, 0.15) is 5.82 Å². The first-order valence-corrected chi connectivity index (χ1v) is 6.52. The van der Waals surface area contributed by atoms with E-state index in [1.54, 1.807) is 4.90 Å². The molecule has 0 radical (unpaired) electrons. The number of hydrogen-bond donors (Lipinski definition) is 0. The fourth-order valence-corrected chi connectivity index (χ4v) is 2.49. The summed E-state index contributed by atoms with van der Waals surface area (Å²) in [5.41, 5.74) is -0.943. The molecule has 0 aliphatic carbocycles. The van der Waals surface area contributed by atoms with Crippen LogP contribution in [0.25, 0.3) is 0 Å². The number of rotatable bonds is 2. The molecule has 3 nitrogen and oxygen atoms in total. The molecule has 1 unspecified atom stereocenters. The first-order chi connectivity index (χ1) is 9.82. The Morgan fingerprint density at radius 2 is 2.10 bits per heavy atom. The lowest BCUT2D eigenvalue weighted by Gasteiger charge is -2.33. The number of nitrogens with zero attached hydrogens (tertiary/aromatic N) is 1. The van der Waals surface area contributed by atoms with E-state index in [1.165, 1.54) is 7.11 Å². The molecule has 21 heavy (non-hydrogen) atoms. The van der Waals surface area contributed by atoms with Crippen molar-refractivity contribution < 1.29 is 27.1 Å². The maximum Gasteiger partial charge on any atom is 0.416 e. The van der Waals surface area contributed by atoms with Crippen molar-refractivity contribution in [2.75, 3.05) is 25.1 Å². The van der Waals surface area contributed by atoms with Crippen molar-refractivity contribution in [1.29, 1.82) is 0 Å². The molecule has 1 heterocycles. The van der Waals surface area contributed by atoms with Crippen LogP contribution in [-0.2, 0) is 15.7 Å². The number of benzene rings is 1. The van der Waals surface area contributed by atoms with Gasteiger partial charge in [-0.1, -0.05) is 0 Å². The Morgan fingerprint density at radius 1 is 1.38 bits per heavy atom. The molecule has 1 fully saturated rings. The smallest absolute Gasteiger partial charge is 0.416 e. The standard InChI is InChI=1S/C14H15F4NO2/c1-21-13(20)9-3-2-6-19(8-9)12-5-4-10(7-11(12)15)14(16,17)18/h4-5,7,9H,2-3,6,8H2,1H3. The zero-order chi connectivity index (χ0) is 15.6. The molecule has 0 amide bonds. The van der Waals surface area contributed by atoms with Crippen molar-refractivity contribution in [1.82, 2.24) is 0 Å². The summed E-state index contributed by atoms with van der Waals surface area (Å²) in [7, 11) is 1.28. The highest BCUT2D eigenvalue weighted by Crippen LogP contribution is 2.33. The van der Waals surface area contributed by atoms with Gasteiger partial charge in [-0.15, -0.1) is 0 Å². The van der Waals surface area contributed by atoms with Crippen molar-refractivity contribution in [3.05, 3.63) is 29.6 Å².